The van der Waals surface area contributed by atoms with Crippen molar-refractivity contribution < 1.29 is 13.2 Å². The largest absolute Gasteiger partial charge is 0.361 e. The average Bonchev–Trinajstić information content (AvgIpc) is 2.70. The van der Waals surface area contributed by atoms with Gasteiger partial charge < -0.3 is 14.2 Å². The van der Waals surface area contributed by atoms with Gasteiger partial charge in [-0.3, -0.25) is 4.79 Å². The smallest absolute Gasteiger partial charge is 0.253 e. The molecule has 0 saturated carbocycles. The van der Waals surface area contributed by atoms with Crippen LogP contribution in [0.3, 0.4) is 0 Å². The Labute approximate surface area is 169 Å². The van der Waals surface area contributed by atoms with Gasteiger partial charge in [0.2, 0.25) is 10.0 Å². The third kappa shape index (κ3) is 3.23. The summed E-state index contributed by atoms with van der Waals surface area (Å²) in [6.07, 6.45) is 1.23. The third-order valence-electron chi connectivity index (χ3n) is 5.55. The fourth-order valence-electron chi connectivity index (χ4n) is 4.07. The van der Waals surface area contributed by atoms with Crippen LogP contribution in [0.25, 0.3) is 10.9 Å². The van der Waals surface area contributed by atoms with Crippen molar-refractivity contribution in [3.63, 3.8) is 0 Å². The number of nitrogens with zero attached hydrogens (tertiary/aromatic N) is 2. The number of aryl methyl sites for hydroxylation is 3. The minimum Gasteiger partial charge on any atom is -0.361 e. The minimum absolute atomic E-state index is 0.0477. The zero-order valence-electron chi connectivity index (χ0n) is 16.5. The van der Waals surface area contributed by atoms with Gasteiger partial charge in [0.1, 0.15) is 6.23 Å². The van der Waals surface area contributed by atoms with Crippen molar-refractivity contribution in [2.24, 2.45) is 12.2 Å². The zero-order valence-corrected chi connectivity index (χ0v) is 17.4. The predicted molar refractivity (Wildman–Crippen MR) is 113 cm³/mol. The molecule has 1 aliphatic rings. The first-order valence-electron chi connectivity index (χ1n) is 9.29. The van der Waals surface area contributed by atoms with Crippen LogP contribution in [0.1, 0.15) is 17.5 Å². The molecular formula is C21H23N3O4S. The topological polar surface area (TPSA) is 94.6 Å². The van der Waals surface area contributed by atoms with Crippen molar-refractivity contribution in [2.75, 3.05) is 12.0 Å². The van der Waals surface area contributed by atoms with E-state index in [0.717, 1.165) is 40.7 Å². The molecule has 0 saturated heterocycles. The first-order chi connectivity index (χ1) is 13.7. The van der Waals surface area contributed by atoms with Crippen LogP contribution < -0.4 is 15.6 Å². The first kappa shape index (κ1) is 19.6. The Hall–Kier alpha value is -2.68. The number of hydrogen-bond acceptors (Lipinski definition) is 5. The van der Waals surface area contributed by atoms with Crippen molar-refractivity contribution in [3.8, 4) is 0 Å². The number of hydrogen-bond donors (Lipinski definition) is 1. The number of ether oxygens (including phenoxy) is 1. The number of methoxy groups -OCH3 is 1. The van der Waals surface area contributed by atoms with Crippen LogP contribution in [0.15, 0.2) is 52.2 Å². The van der Waals surface area contributed by atoms with Crippen molar-refractivity contribution >= 4 is 32.3 Å². The van der Waals surface area contributed by atoms with Gasteiger partial charge in [0.15, 0.2) is 0 Å². The molecule has 2 N–H and O–H groups in total. The number of primary sulfonamides is 1. The highest BCUT2D eigenvalue weighted by molar-refractivity contribution is 7.89. The summed E-state index contributed by atoms with van der Waals surface area (Å²) < 4.78 is 31.3. The predicted octanol–water partition coefficient (Wildman–Crippen LogP) is 2.55. The summed E-state index contributed by atoms with van der Waals surface area (Å²) in [7, 11) is -0.455. The highest BCUT2D eigenvalue weighted by Gasteiger charge is 2.30. The molecule has 0 amide bonds. The lowest BCUT2D eigenvalue weighted by atomic mass is 9.98. The van der Waals surface area contributed by atoms with Crippen LogP contribution in [0, 0.1) is 6.92 Å². The van der Waals surface area contributed by atoms with Crippen molar-refractivity contribution in [3.05, 3.63) is 63.9 Å². The van der Waals surface area contributed by atoms with Crippen LogP contribution in [0.4, 0.5) is 11.4 Å². The second kappa shape index (κ2) is 6.98. The number of benzene rings is 2. The second-order valence-corrected chi connectivity index (χ2v) is 8.90. The summed E-state index contributed by atoms with van der Waals surface area (Å²) >= 11 is 0. The lowest BCUT2D eigenvalue weighted by Crippen LogP contribution is -2.37. The summed E-state index contributed by atoms with van der Waals surface area (Å²) in [6, 6.07) is 12.6. The average molecular weight is 413 g/mol. The fraction of sp³-hybridized carbons (Fsp3) is 0.286. The molecule has 4 rings (SSSR count). The van der Waals surface area contributed by atoms with Gasteiger partial charge in [-0.05, 0) is 55.7 Å². The zero-order chi connectivity index (χ0) is 20.9. The van der Waals surface area contributed by atoms with E-state index in [9.17, 15) is 13.2 Å². The van der Waals surface area contributed by atoms with Gasteiger partial charge in [0, 0.05) is 30.8 Å². The number of rotatable bonds is 3. The maximum Gasteiger partial charge on any atom is 0.253 e. The van der Waals surface area contributed by atoms with E-state index in [1.165, 1.54) is 6.07 Å². The molecular weight excluding hydrogens is 390 g/mol. The molecule has 1 aromatic heterocycles. The summed E-state index contributed by atoms with van der Waals surface area (Å²) in [5.41, 5.74) is 3.99. The molecule has 0 bridgehead atoms. The molecule has 29 heavy (non-hydrogen) atoms. The lowest BCUT2D eigenvalue weighted by Gasteiger charge is -2.38. The van der Waals surface area contributed by atoms with Crippen LogP contribution in [-0.2, 0) is 28.2 Å². The molecule has 3 aromatic rings. The van der Waals surface area contributed by atoms with E-state index in [2.05, 4.69) is 0 Å². The van der Waals surface area contributed by atoms with Gasteiger partial charge in [0.05, 0.1) is 16.1 Å². The molecule has 7 nitrogen and oxygen atoms in total. The number of fused-ring (bicyclic) bond motifs is 2. The quantitative estimate of drug-likeness (QED) is 0.712. The number of pyridine rings is 1. The molecule has 0 spiro atoms. The van der Waals surface area contributed by atoms with E-state index in [4.69, 9.17) is 9.88 Å². The highest BCUT2D eigenvalue weighted by atomic mass is 32.2. The normalized spacial score (nSPS) is 16.8. The van der Waals surface area contributed by atoms with Gasteiger partial charge in [-0.25, -0.2) is 13.6 Å². The van der Waals surface area contributed by atoms with E-state index < -0.39 is 10.0 Å². The number of nitrogens with two attached hydrogens (primary N) is 1. The Balaban J connectivity index is 2.03. The Bertz CT molecular complexity index is 1280. The molecule has 1 unspecified atom stereocenters. The highest BCUT2D eigenvalue weighted by Crippen LogP contribution is 2.41. The number of aromatic nitrogens is 1. The maximum absolute atomic E-state index is 12.4. The standard InChI is InChI=1S/C21H23N3O4S/c1-13-11-16-17(23(2)21(13)25)5-4-6-18(16)24-19-12-15(29(22,26)27)9-7-14(19)8-10-20(24)28-3/h4-7,9,11-12,20H,8,10H2,1-3H3,(H2,22,26,27). The first-order valence-corrected chi connectivity index (χ1v) is 10.8. The van der Waals surface area contributed by atoms with Crippen LogP contribution >= 0.6 is 0 Å². The van der Waals surface area contributed by atoms with Crippen LogP contribution in [0.2, 0.25) is 0 Å². The lowest BCUT2D eigenvalue weighted by molar-refractivity contribution is 0.0971. The Kier molecular flexibility index (Phi) is 4.72. The summed E-state index contributed by atoms with van der Waals surface area (Å²) in [5.74, 6) is 0. The van der Waals surface area contributed by atoms with Gasteiger partial charge >= 0.3 is 0 Å². The minimum atomic E-state index is -3.84. The monoisotopic (exact) mass is 413 g/mol. The number of anilines is 2. The maximum atomic E-state index is 12.4. The molecule has 1 atom stereocenters. The van der Waals surface area contributed by atoms with Gasteiger partial charge in [-0.15, -0.1) is 0 Å². The molecule has 152 valence electrons. The molecule has 1 aliphatic heterocycles. The Morgan fingerprint density at radius 3 is 2.59 bits per heavy atom. The van der Waals surface area contributed by atoms with E-state index >= 15 is 0 Å². The molecule has 2 aromatic carbocycles. The van der Waals surface area contributed by atoms with Gasteiger partial charge in [0.25, 0.3) is 5.56 Å². The summed E-state index contributed by atoms with van der Waals surface area (Å²) in [6.45, 7) is 1.79. The number of sulfonamides is 1. The van der Waals surface area contributed by atoms with Crippen molar-refractivity contribution in [1.82, 2.24) is 4.57 Å². The van der Waals surface area contributed by atoms with Gasteiger partial charge in [-0.1, -0.05) is 12.1 Å². The van der Waals surface area contributed by atoms with Crippen molar-refractivity contribution in [2.45, 2.75) is 30.9 Å². The van der Waals surface area contributed by atoms with Crippen molar-refractivity contribution in [1.29, 1.82) is 0 Å². The van der Waals surface area contributed by atoms with Gasteiger partial charge in [-0.2, -0.15) is 0 Å². The summed E-state index contributed by atoms with van der Waals surface area (Å²) in [5, 5.41) is 6.26. The molecule has 0 radical (unpaired) electrons. The molecule has 0 fully saturated rings. The van der Waals surface area contributed by atoms with E-state index in [0.29, 0.717) is 5.56 Å². The fourth-order valence-corrected chi connectivity index (χ4v) is 4.61. The molecule has 2 heterocycles. The molecule has 0 aliphatic carbocycles. The van der Waals surface area contributed by atoms with E-state index in [-0.39, 0.29) is 16.7 Å². The van der Waals surface area contributed by atoms with Crippen LogP contribution in [-0.4, -0.2) is 26.3 Å². The molecule has 8 heteroatoms. The van der Waals surface area contributed by atoms with E-state index in [1.807, 2.05) is 29.2 Å². The second-order valence-electron chi connectivity index (χ2n) is 7.34. The van der Waals surface area contributed by atoms with Crippen LogP contribution in [0.5, 0.6) is 0 Å². The third-order valence-corrected chi connectivity index (χ3v) is 6.46. The SMILES string of the molecule is COC1CCc2ccc(S(N)(=O)=O)cc2N1c1cccc2c1cc(C)c(=O)n2C. The Morgan fingerprint density at radius 1 is 1.14 bits per heavy atom. The van der Waals surface area contributed by atoms with E-state index in [1.54, 1.807) is 37.8 Å². The summed E-state index contributed by atoms with van der Waals surface area (Å²) in [4.78, 5) is 14.4. The Morgan fingerprint density at radius 2 is 1.90 bits per heavy atom.